The highest BCUT2D eigenvalue weighted by atomic mass is 19.4. The third kappa shape index (κ3) is 3.66. The number of ketones is 1. The lowest BCUT2D eigenvalue weighted by molar-refractivity contribution is -0.137. The zero-order valence-corrected chi connectivity index (χ0v) is 14.3. The maximum atomic E-state index is 12.6. The predicted octanol–water partition coefficient (Wildman–Crippen LogP) is 4.64. The number of carbonyl (C=O) groups is 1. The molecule has 0 heterocycles. The van der Waals surface area contributed by atoms with Gasteiger partial charge in [-0.15, -0.1) is 0 Å². The summed E-state index contributed by atoms with van der Waals surface area (Å²) in [5, 5.41) is 20.1. The summed E-state index contributed by atoms with van der Waals surface area (Å²) in [6.45, 7) is 2.99. The minimum Gasteiger partial charge on any atom is -0.507 e. The van der Waals surface area contributed by atoms with Crippen molar-refractivity contribution in [1.82, 2.24) is 0 Å². The highest BCUT2D eigenvalue weighted by Crippen LogP contribution is 2.41. The van der Waals surface area contributed by atoms with E-state index in [4.69, 9.17) is 4.74 Å². The molecule has 0 aromatic heterocycles. The van der Waals surface area contributed by atoms with Crippen LogP contribution in [0.3, 0.4) is 0 Å². The Morgan fingerprint density at radius 2 is 1.62 bits per heavy atom. The van der Waals surface area contributed by atoms with Gasteiger partial charge in [-0.05, 0) is 37.6 Å². The fraction of sp³-hybridized carbons (Fsp3) is 0.211. The van der Waals surface area contributed by atoms with Gasteiger partial charge in [-0.1, -0.05) is 18.2 Å². The number of alkyl halides is 3. The zero-order chi connectivity index (χ0) is 19.6. The quantitative estimate of drug-likeness (QED) is 0.611. The van der Waals surface area contributed by atoms with E-state index in [1.54, 1.807) is 0 Å². The van der Waals surface area contributed by atoms with Crippen molar-refractivity contribution in [1.29, 1.82) is 0 Å². The Hall–Kier alpha value is -2.96. The average molecular weight is 366 g/mol. The van der Waals surface area contributed by atoms with Gasteiger partial charge in [-0.2, -0.15) is 13.2 Å². The Kier molecular flexibility index (Phi) is 5.30. The molecule has 138 valence electrons. The molecule has 0 saturated carbocycles. The Morgan fingerprint density at radius 1 is 1.04 bits per heavy atom. The second kappa shape index (κ2) is 7.11. The molecule has 0 aliphatic rings. The fourth-order valence-corrected chi connectivity index (χ4v) is 2.51. The van der Waals surface area contributed by atoms with Crippen LogP contribution in [0.25, 0.3) is 6.08 Å². The first-order chi connectivity index (χ1) is 12.1. The molecule has 0 aliphatic heterocycles. The molecule has 0 amide bonds. The van der Waals surface area contributed by atoms with Gasteiger partial charge in [0.25, 0.3) is 0 Å². The van der Waals surface area contributed by atoms with E-state index >= 15 is 0 Å². The number of ether oxygens (including phenoxy) is 1. The minimum atomic E-state index is -4.43. The first kappa shape index (κ1) is 19.4. The lowest BCUT2D eigenvalue weighted by Gasteiger charge is -2.15. The summed E-state index contributed by atoms with van der Waals surface area (Å²) in [6, 6.07) is 4.29. The van der Waals surface area contributed by atoms with Crippen LogP contribution in [0.15, 0.2) is 30.3 Å². The average Bonchev–Trinajstić information content (AvgIpc) is 2.60. The van der Waals surface area contributed by atoms with Crippen LogP contribution in [-0.4, -0.2) is 23.1 Å². The molecular weight excluding hydrogens is 349 g/mol. The number of methoxy groups -OCH3 is 1. The molecular formula is C19H17F3O4. The van der Waals surface area contributed by atoms with Crippen LogP contribution in [0.5, 0.6) is 17.2 Å². The number of phenolic OH excluding ortho intramolecular Hbond substituents is 2. The van der Waals surface area contributed by atoms with E-state index in [9.17, 15) is 28.2 Å². The van der Waals surface area contributed by atoms with E-state index < -0.39 is 23.3 Å². The Bertz CT molecular complexity index is 866. The number of carbonyl (C=O) groups excluding carboxylic acids is 1. The lowest BCUT2D eigenvalue weighted by atomic mass is 9.98. The van der Waals surface area contributed by atoms with Gasteiger partial charge in [0.15, 0.2) is 5.78 Å². The summed E-state index contributed by atoms with van der Waals surface area (Å²) in [6.07, 6.45) is -1.98. The van der Waals surface area contributed by atoms with E-state index in [-0.39, 0.29) is 22.6 Å². The summed E-state index contributed by atoms with van der Waals surface area (Å²) < 4.78 is 42.8. The smallest absolute Gasteiger partial charge is 0.416 e. The lowest BCUT2D eigenvalue weighted by Crippen LogP contribution is -2.04. The Balaban J connectivity index is 2.37. The summed E-state index contributed by atoms with van der Waals surface area (Å²) in [5.74, 6) is -1.16. The van der Waals surface area contributed by atoms with Gasteiger partial charge >= 0.3 is 6.18 Å². The van der Waals surface area contributed by atoms with Crippen LogP contribution in [0, 0.1) is 13.8 Å². The molecule has 7 heteroatoms. The third-order valence-corrected chi connectivity index (χ3v) is 3.99. The number of rotatable bonds is 4. The van der Waals surface area contributed by atoms with Gasteiger partial charge in [-0.3, -0.25) is 4.79 Å². The molecule has 0 spiro atoms. The van der Waals surface area contributed by atoms with E-state index in [0.717, 1.165) is 18.2 Å². The number of aromatic hydroxyl groups is 2. The number of halogens is 3. The summed E-state index contributed by atoms with van der Waals surface area (Å²) in [7, 11) is 1.30. The number of phenols is 2. The largest absolute Gasteiger partial charge is 0.507 e. The molecule has 0 bridgehead atoms. The second-order valence-corrected chi connectivity index (χ2v) is 5.67. The highest BCUT2D eigenvalue weighted by Gasteiger charge is 2.29. The van der Waals surface area contributed by atoms with Crippen molar-refractivity contribution in [3.8, 4) is 17.2 Å². The maximum Gasteiger partial charge on any atom is 0.416 e. The third-order valence-electron chi connectivity index (χ3n) is 3.99. The van der Waals surface area contributed by atoms with Crippen molar-refractivity contribution >= 4 is 11.9 Å². The van der Waals surface area contributed by atoms with Crippen molar-refractivity contribution in [3.05, 3.63) is 58.2 Å². The van der Waals surface area contributed by atoms with E-state index in [1.807, 2.05) is 0 Å². The topological polar surface area (TPSA) is 66.8 Å². The molecule has 26 heavy (non-hydrogen) atoms. The van der Waals surface area contributed by atoms with Crippen LogP contribution < -0.4 is 4.74 Å². The summed E-state index contributed by atoms with van der Waals surface area (Å²) in [4.78, 5) is 12.5. The van der Waals surface area contributed by atoms with E-state index in [0.29, 0.717) is 11.1 Å². The van der Waals surface area contributed by atoms with Gasteiger partial charge in [0.05, 0.1) is 12.7 Å². The first-order valence-corrected chi connectivity index (χ1v) is 7.56. The molecule has 0 saturated heterocycles. The van der Waals surface area contributed by atoms with E-state index in [2.05, 4.69) is 0 Å². The standard InChI is InChI=1S/C19H17F3O4/c1-10-16(24)11(2)18(26-3)15(17(10)25)14(23)9-6-12-4-7-13(8-5-12)19(20,21)22/h4-9,24-25H,1-3H3. The molecule has 0 radical (unpaired) electrons. The molecule has 2 aromatic carbocycles. The second-order valence-electron chi connectivity index (χ2n) is 5.67. The Morgan fingerprint density at radius 3 is 2.12 bits per heavy atom. The van der Waals surface area contributed by atoms with Gasteiger partial charge in [0.2, 0.25) is 0 Å². The minimum absolute atomic E-state index is 0.0349. The van der Waals surface area contributed by atoms with Crippen LogP contribution in [-0.2, 0) is 6.18 Å². The number of hydrogen-bond donors (Lipinski definition) is 2. The zero-order valence-electron chi connectivity index (χ0n) is 14.3. The molecule has 2 N–H and O–H groups in total. The van der Waals surface area contributed by atoms with Crippen molar-refractivity contribution in [3.63, 3.8) is 0 Å². The maximum absolute atomic E-state index is 12.6. The molecule has 4 nitrogen and oxygen atoms in total. The van der Waals surface area contributed by atoms with Crippen molar-refractivity contribution in [2.45, 2.75) is 20.0 Å². The molecule has 0 atom stereocenters. The molecule has 0 unspecified atom stereocenters. The first-order valence-electron chi connectivity index (χ1n) is 7.56. The highest BCUT2D eigenvalue weighted by molar-refractivity contribution is 6.11. The van der Waals surface area contributed by atoms with Gasteiger partial charge in [0, 0.05) is 11.1 Å². The van der Waals surface area contributed by atoms with Crippen LogP contribution in [0.1, 0.15) is 32.6 Å². The van der Waals surface area contributed by atoms with Gasteiger partial charge in [0.1, 0.15) is 22.8 Å². The van der Waals surface area contributed by atoms with Crippen LogP contribution >= 0.6 is 0 Å². The SMILES string of the molecule is COc1c(C)c(O)c(C)c(O)c1C(=O)C=Cc1ccc(C(F)(F)F)cc1. The summed E-state index contributed by atoms with van der Waals surface area (Å²) in [5.41, 5.74) is -0.0887. The molecule has 0 aliphatic carbocycles. The predicted molar refractivity (Wildman–Crippen MR) is 90.6 cm³/mol. The van der Waals surface area contributed by atoms with Crippen molar-refractivity contribution < 1.29 is 32.9 Å². The fourth-order valence-electron chi connectivity index (χ4n) is 2.51. The van der Waals surface area contributed by atoms with Crippen LogP contribution in [0.2, 0.25) is 0 Å². The number of benzene rings is 2. The van der Waals surface area contributed by atoms with E-state index in [1.165, 1.54) is 39.2 Å². The number of allylic oxidation sites excluding steroid dienone is 1. The Labute approximate surface area is 148 Å². The molecule has 2 rings (SSSR count). The van der Waals surface area contributed by atoms with Gasteiger partial charge in [-0.25, -0.2) is 0 Å². The monoisotopic (exact) mass is 366 g/mol. The molecule has 0 fully saturated rings. The van der Waals surface area contributed by atoms with Crippen molar-refractivity contribution in [2.75, 3.05) is 7.11 Å². The molecule has 2 aromatic rings. The van der Waals surface area contributed by atoms with Crippen LogP contribution in [0.4, 0.5) is 13.2 Å². The van der Waals surface area contributed by atoms with Gasteiger partial charge < -0.3 is 14.9 Å². The number of hydrogen-bond acceptors (Lipinski definition) is 4. The summed E-state index contributed by atoms with van der Waals surface area (Å²) >= 11 is 0. The van der Waals surface area contributed by atoms with Crippen molar-refractivity contribution in [2.24, 2.45) is 0 Å². The normalized spacial score (nSPS) is 11.8.